The van der Waals surface area contributed by atoms with Crippen LogP contribution in [0.2, 0.25) is 0 Å². The number of piperidine rings is 1. The van der Waals surface area contributed by atoms with Crippen molar-refractivity contribution >= 4 is 17.2 Å². The van der Waals surface area contributed by atoms with Gasteiger partial charge in [-0.3, -0.25) is 9.59 Å². The lowest BCUT2D eigenvalue weighted by molar-refractivity contribution is 0.0700. The Morgan fingerprint density at radius 1 is 1.52 bits per heavy atom. The Labute approximate surface area is 125 Å². The molecule has 0 bridgehead atoms. The molecule has 0 spiro atoms. The predicted octanol–water partition coefficient (Wildman–Crippen LogP) is 1.55. The molecule has 7 heteroatoms. The number of likely N-dealkylation sites (tertiary alicyclic amines) is 1. The minimum absolute atomic E-state index is 0.0393. The molecule has 1 aliphatic heterocycles. The first-order valence-electron chi connectivity index (χ1n) is 6.89. The van der Waals surface area contributed by atoms with Crippen LogP contribution in [0.4, 0.5) is 0 Å². The lowest BCUT2D eigenvalue weighted by atomic mass is 9.94. The quantitative estimate of drug-likeness (QED) is 0.913. The number of H-pyrrole nitrogens is 1. The van der Waals surface area contributed by atoms with Crippen LogP contribution in [0.25, 0.3) is 0 Å². The molecular formula is C14H16N4O2S. The molecule has 3 rings (SSSR count). The number of amides is 1. The van der Waals surface area contributed by atoms with Crippen LogP contribution in [0, 0.1) is 6.92 Å². The number of hydrogen-bond donors (Lipinski definition) is 1. The molecule has 0 saturated carbocycles. The second kappa shape index (κ2) is 5.77. The smallest absolute Gasteiger partial charge is 0.273 e. The van der Waals surface area contributed by atoms with E-state index in [0.717, 1.165) is 25.1 Å². The molecule has 1 N–H and O–H groups in total. The van der Waals surface area contributed by atoms with Gasteiger partial charge < -0.3 is 9.88 Å². The molecule has 21 heavy (non-hydrogen) atoms. The van der Waals surface area contributed by atoms with Crippen molar-refractivity contribution in [3.8, 4) is 0 Å². The van der Waals surface area contributed by atoms with Crippen LogP contribution in [0.1, 0.15) is 40.8 Å². The Balaban J connectivity index is 1.79. The van der Waals surface area contributed by atoms with Crippen LogP contribution in [0.15, 0.2) is 21.8 Å². The highest BCUT2D eigenvalue weighted by atomic mass is 32.1. The summed E-state index contributed by atoms with van der Waals surface area (Å²) in [6.45, 7) is 3.09. The zero-order valence-electron chi connectivity index (χ0n) is 11.7. The molecule has 1 amide bonds. The molecule has 0 radical (unpaired) electrons. The largest absolute Gasteiger partial charge is 0.337 e. The molecule has 0 aliphatic carbocycles. The highest BCUT2D eigenvalue weighted by Gasteiger charge is 2.27. The maximum atomic E-state index is 12.4. The van der Waals surface area contributed by atoms with Gasteiger partial charge in [-0.25, -0.2) is 9.97 Å². The van der Waals surface area contributed by atoms with Crippen molar-refractivity contribution in [2.45, 2.75) is 25.7 Å². The fourth-order valence-corrected chi connectivity index (χ4v) is 3.22. The van der Waals surface area contributed by atoms with E-state index < -0.39 is 0 Å². The lowest BCUT2D eigenvalue weighted by Crippen LogP contribution is -2.39. The second-order valence-electron chi connectivity index (χ2n) is 5.22. The van der Waals surface area contributed by atoms with E-state index in [9.17, 15) is 9.59 Å². The third-order valence-corrected chi connectivity index (χ3v) is 4.24. The van der Waals surface area contributed by atoms with Crippen molar-refractivity contribution in [1.29, 1.82) is 0 Å². The molecule has 0 unspecified atom stereocenters. The number of hydrogen-bond acceptors (Lipinski definition) is 5. The monoisotopic (exact) mass is 304 g/mol. The minimum atomic E-state index is -0.138. The van der Waals surface area contributed by atoms with Gasteiger partial charge in [0.15, 0.2) is 0 Å². The highest BCUT2D eigenvalue weighted by Crippen LogP contribution is 2.25. The Bertz CT molecular complexity index is 695. The Morgan fingerprint density at radius 2 is 2.38 bits per heavy atom. The molecule has 6 nitrogen and oxygen atoms in total. The summed E-state index contributed by atoms with van der Waals surface area (Å²) >= 11 is 1.42. The summed E-state index contributed by atoms with van der Waals surface area (Å²) in [5.41, 5.74) is 2.79. The van der Waals surface area contributed by atoms with Gasteiger partial charge in [0, 0.05) is 30.5 Å². The summed E-state index contributed by atoms with van der Waals surface area (Å²) in [6, 6.07) is 1.54. The number of carbonyl (C=O) groups excluding carboxylic acids is 1. The van der Waals surface area contributed by atoms with Gasteiger partial charge in [-0.1, -0.05) is 0 Å². The van der Waals surface area contributed by atoms with Gasteiger partial charge in [0.25, 0.3) is 11.5 Å². The molecule has 1 fully saturated rings. The molecule has 2 aromatic heterocycles. The number of rotatable bonds is 2. The normalized spacial score (nSPS) is 18.7. The topological polar surface area (TPSA) is 79.0 Å². The van der Waals surface area contributed by atoms with Crippen molar-refractivity contribution in [2.24, 2.45) is 0 Å². The molecule has 1 aliphatic rings. The van der Waals surface area contributed by atoms with Crippen LogP contribution in [-0.2, 0) is 0 Å². The number of aryl methyl sites for hydroxylation is 1. The molecule has 3 heterocycles. The SMILES string of the molecule is Cc1nc([C@@H]2CCCN(C(=O)c3cscn3)C2)cc(=O)[nH]1. The number of aromatic amines is 1. The fraction of sp³-hybridized carbons (Fsp3) is 0.429. The predicted molar refractivity (Wildman–Crippen MR) is 79.6 cm³/mol. The first kappa shape index (κ1) is 13.9. The fourth-order valence-electron chi connectivity index (χ4n) is 2.69. The number of aromatic nitrogens is 3. The van der Waals surface area contributed by atoms with E-state index in [0.29, 0.717) is 18.1 Å². The van der Waals surface area contributed by atoms with Crippen LogP contribution in [0.3, 0.4) is 0 Å². The van der Waals surface area contributed by atoms with Gasteiger partial charge in [0.1, 0.15) is 11.5 Å². The zero-order valence-corrected chi connectivity index (χ0v) is 12.5. The summed E-state index contributed by atoms with van der Waals surface area (Å²) in [5, 5.41) is 1.77. The van der Waals surface area contributed by atoms with E-state index >= 15 is 0 Å². The van der Waals surface area contributed by atoms with Crippen LogP contribution >= 0.6 is 11.3 Å². The molecule has 0 aromatic carbocycles. The highest BCUT2D eigenvalue weighted by molar-refractivity contribution is 7.07. The van der Waals surface area contributed by atoms with Crippen molar-refractivity contribution in [3.05, 3.63) is 44.5 Å². The van der Waals surface area contributed by atoms with Gasteiger partial charge in [0.2, 0.25) is 0 Å². The Morgan fingerprint density at radius 3 is 3.10 bits per heavy atom. The maximum Gasteiger partial charge on any atom is 0.273 e. The van der Waals surface area contributed by atoms with Crippen LogP contribution in [0.5, 0.6) is 0 Å². The van der Waals surface area contributed by atoms with Crippen molar-refractivity contribution in [2.75, 3.05) is 13.1 Å². The average Bonchev–Trinajstić information content (AvgIpc) is 3.00. The number of nitrogens with one attached hydrogen (secondary N) is 1. The van der Waals surface area contributed by atoms with Crippen LogP contribution < -0.4 is 5.56 Å². The zero-order chi connectivity index (χ0) is 14.8. The molecule has 110 valence electrons. The summed E-state index contributed by atoms with van der Waals surface area (Å²) in [4.78, 5) is 36.9. The summed E-state index contributed by atoms with van der Waals surface area (Å²) in [7, 11) is 0. The van der Waals surface area contributed by atoms with E-state index in [-0.39, 0.29) is 17.4 Å². The number of thiazole rings is 1. The van der Waals surface area contributed by atoms with Crippen LogP contribution in [-0.4, -0.2) is 38.8 Å². The lowest BCUT2D eigenvalue weighted by Gasteiger charge is -2.32. The van der Waals surface area contributed by atoms with Crippen molar-refractivity contribution < 1.29 is 4.79 Å². The maximum absolute atomic E-state index is 12.4. The standard InChI is InChI=1S/C14H16N4O2S/c1-9-16-11(5-13(19)17-9)10-3-2-4-18(6-10)14(20)12-7-21-8-15-12/h5,7-8,10H,2-4,6H2,1H3,(H,16,17,19)/t10-/m1/s1. The average molecular weight is 304 g/mol. The summed E-state index contributed by atoms with van der Waals surface area (Å²) in [6.07, 6.45) is 1.85. The molecule has 1 saturated heterocycles. The molecular weight excluding hydrogens is 288 g/mol. The number of nitrogens with zero attached hydrogens (tertiary/aromatic N) is 3. The van der Waals surface area contributed by atoms with E-state index in [1.807, 2.05) is 0 Å². The van der Waals surface area contributed by atoms with E-state index in [4.69, 9.17) is 0 Å². The molecule has 1 atom stereocenters. The van der Waals surface area contributed by atoms with Gasteiger partial charge in [-0.2, -0.15) is 0 Å². The van der Waals surface area contributed by atoms with Gasteiger partial charge >= 0.3 is 0 Å². The Hall–Kier alpha value is -2.02. The van der Waals surface area contributed by atoms with E-state index in [2.05, 4.69) is 15.0 Å². The summed E-state index contributed by atoms with van der Waals surface area (Å²) in [5.74, 6) is 0.685. The third kappa shape index (κ3) is 3.02. The van der Waals surface area contributed by atoms with E-state index in [1.165, 1.54) is 17.4 Å². The minimum Gasteiger partial charge on any atom is -0.337 e. The number of carbonyl (C=O) groups is 1. The van der Waals surface area contributed by atoms with E-state index in [1.54, 1.807) is 22.7 Å². The van der Waals surface area contributed by atoms with Gasteiger partial charge in [0.05, 0.1) is 11.2 Å². The molecule has 2 aromatic rings. The third-order valence-electron chi connectivity index (χ3n) is 3.66. The first-order valence-corrected chi connectivity index (χ1v) is 7.83. The summed E-state index contributed by atoms with van der Waals surface area (Å²) < 4.78 is 0. The van der Waals surface area contributed by atoms with Crippen molar-refractivity contribution in [3.63, 3.8) is 0 Å². The Kier molecular flexibility index (Phi) is 3.83. The van der Waals surface area contributed by atoms with Gasteiger partial charge in [-0.05, 0) is 19.8 Å². The van der Waals surface area contributed by atoms with Crippen molar-refractivity contribution in [1.82, 2.24) is 19.9 Å². The second-order valence-corrected chi connectivity index (χ2v) is 5.94. The first-order chi connectivity index (χ1) is 10.1. The van der Waals surface area contributed by atoms with Gasteiger partial charge in [-0.15, -0.1) is 11.3 Å².